The van der Waals surface area contributed by atoms with Crippen LogP contribution in [-0.2, 0) is 7.05 Å². The molecule has 0 saturated heterocycles. The zero-order chi connectivity index (χ0) is 21.2. The van der Waals surface area contributed by atoms with E-state index in [9.17, 15) is 9.59 Å². The van der Waals surface area contributed by atoms with Crippen molar-refractivity contribution in [2.75, 3.05) is 0 Å². The van der Waals surface area contributed by atoms with Gasteiger partial charge in [0.05, 0.1) is 5.52 Å². The molecule has 1 spiro atoms. The summed E-state index contributed by atoms with van der Waals surface area (Å²) in [5, 5.41) is 16.5. The number of hydrogen-bond donors (Lipinski definition) is 2. The molecule has 2 N–H and O–H groups in total. The van der Waals surface area contributed by atoms with Gasteiger partial charge in [-0.25, -0.2) is 4.79 Å². The lowest BCUT2D eigenvalue weighted by Gasteiger charge is -2.64. The van der Waals surface area contributed by atoms with Gasteiger partial charge in [-0.05, 0) is 74.0 Å². The first kappa shape index (κ1) is 19.5. The van der Waals surface area contributed by atoms with E-state index in [4.69, 9.17) is 15.2 Å². The Balaban J connectivity index is 1.35. The normalized spacial score (nSPS) is 34.6. The first-order chi connectivity index (χ1) is 14.4. The number of Topliss-reactive ketones (excluding diaryl/α,β-unsaturated/α-hetero) is 1. The summed E-state index contributed by atoms with van der Waals surface area (Å²) in [6.07, 6.45) is 7.55. The molecule has 3 aliphatic rings. The van der Waals surface area contributed by atoms with Crippen molar-refractivity contribution < 1.29 is 9.21 Å². The van der Waals surface area contributed by atoms with Crippen LogP contribution in [0.3, 0.4) is 0 Å². The van der Waals surface area contributed by atoms with E-state index in [-0.39, 0.29) is 23.0 Å². The molecule has 3 aliphatic carbocycles. The van der Waals surface area contributed by atoms with Crippen molar-refractivity contribution >= 4 is 28.8 Å². The second kappa shape index (κ2) is 6.76. The molecular formula is C24H29N3O3. The van der Waals surface area contributed by atoms with Crippen molar-refractivity contribution in [3.63, 3.8) is 0 Å². The fourth-order valence-electron chi connectivity index (χ4n) is 6.19. The van der Waals surface area contributed by atoms with Crippen molar-refractivity contribution in [2.24, 2.45) is 42.1 Å². The zero-order valence-electron chi connectivity index (χ0n) is 17.6. The van der Waals surface area contributed by atoms with E-state index in [2.05, 4.69) is 6.92 Å². The van der Waals surface area contributed by atoms with Crippen LogP contribution in [0.5, 0.6) is 0 Å². The van der Waals surface area contributed by atoms with E-state index in [1.54, 1.807) is 25.2 Å². The average molecular weight is 408 g/mol. The van der Waals surface area contributed by atoms with Crippen LogP contribution < -0.4 is 5.76 Å². The molecule has 4 unspecified atom stereocenters. The Kier molecular flexibility index (Phi) is 4.38. The zero-order valence-corrected chi connectivity index (χ0v) is 17.6. The van der Waals surface area contributed by atoms with Crippen molar-refractivity contribution in [1.82, 2.24) is 4.57 Å². The molecule has 1 aromatic carbocycles. The highest BCUT2D eigenvalue weighted by atomic mass is 16.4. The lowest BCUT2D eigenvalue weighted by atomic mass is 9.38. The second-order valence-corrected chi connectivity index (χ2v) is 9.78. The van der Waals surface area contributed by atoms with Gasteiger partial charge in [0.25, 0.3) is 0 Å². The van der Waals surface area contributed by atoms with Gasteiger partial charge in [-0.1, -0.05) is 6.92 Å². The number of aromatic nitrogens is 1. The molecule has 0 amide bonds. The largest absolute Gasteiger partial charge is 0.419 e. The number of oxazole rings is 1. The van der Waals surface area contributed by atoms with Gasteiger partial charge >= 0.3 is 5.76 Å². The fourth-order valence-corrected chi connectivity index (χ4v) is 6.19. The molecule has 0 bridgehead atoms. The molecule has 6 heteroatoms. The van der Waals surface area contributed by atoms with Crippen LogP contribution in [-0.4, -0.2) is 22.3 Å². The Hall–Kier alpha value is -2.50. The maximum absolute atomic E-state index is 13.1. The third-order valence-electron chi connectivity index (χ3n) is 8.43. The predicted molar refractivity (Wildman–Crippen MR) is 116 cm³/mol. The number of benzene rings is 1. The summed E-state index contributed by atoms with van der Waals surface area (Å²) < 4.78 is 6.67. The molecule has 3 fully saturated rings. The first-order valence-electron chi connectivity index (χ1n) is 11.1. The van der Waals surface area contributed by atoms with E-state index in [1.165, 1.54) is 23.6 Å². The minimum absolute atomic E-state index is 0.00796. The highest BCUT2D eigenvalue weighted by Crippen LogP contribution is 2.65. The first-order valence-corrected chi connectivity index (χ1v) is 11.1. The quantitative estimate of drug-likeness (QED) is 0.524. The maximum atomic E-state index is 13.1. The average Bonchev–Trinajstić information content (AvgIpc) is 3.33. The Morgan fingerprint density at radius 2 is 2.13 bits per heavy atom. The predicted octanol–water partition coefficient (Wildman–Crippen LogP) is 4.45. The van der Waals surface area contributed by atoms with Gasteiger partial charge in [-0.3, -0.25) is 9.36 Å². The summed E-state index contributed by atoms with van der Waals surface area (Å²) in [5.41, 5.74) is 2.15. The van der Waals surface area contributed by atoms with Gasteiger partial charge in [0.15, 0.2) is 11.4 Å². The Morgan fingerprint density at radius 3 is 2.77 bits per heavy atom. The van der Waals surface area contributed by atoms with Crippen LogP contribution in [0.25, 0.3) is 11.1 Å². The second-order valence-electron chi connectivity index (χ2n) is 9.78. The van der Waals surface area contributed by atoms with Crippen molar-refractivity contribution in [3.05, 3.63) is 34.3 Å². The van der Waals surface area contributed by atoms with Crippen LogP contribution in [0.15, 0.2) is 27.4 Å². The Morgan fingerprint density at radius 1 is 1.37 bits per heavy atom. The number of carbonyl (C=O) groups is 1. The Labute approximate surface area is 175 Å². The molecule has 3 saturated carbocycles. The van der Waals surface area contributed by atoms with Crippen molar-refractivity contribution in [1.29, 1.82) is 10.8 Å². The Bertz CT molecular complexity index is 1110. The number of rotatable bonds is 7. The topological polar surface area (TPSA) is 99.9 Å². The van der Waals surface area contributed by atoms with Crippen LogP contribution in [0.1, 0.15) is 55.8 Å². The van der Waals surface area contributed by atoms with Crippen molar-refractivity contribution in [2.45, 2.75) is 45.4 Å². The maximum Gasteiger partial charge on any atom is 0.419 e. The molecule has 6 atom stereocenters. The van der Waals surface area contributed by atoms with Gasteiger partial charge in [0.2, 0.25) is 0 Å². The van der Waals surface area contributed by atoms with Gasteiger partial charge in [-0.2, -0.15) is 0 Å². The molecule has 5 rings (SSSR count). The molecule has 0 aliphatic heterocycles. The van der Waals surface area contributed by atoms with Crippen molar-refractivity contribution in [3.8, 4) is 0 Å². The van der Waals surface area contributed by atoms with Crippen LogP contribution in [0.2, 0.25) is 0 Å². The number of ketones is 1. The summed E-state index contributed by atoms with van der Waals surface area (Å²) in [5.74, 6) is 1.59. The highest BCUT2D eigenvalue weighted by molar-refractivity contribution is 6.09. The molecule has 6 nitrogen and oxygen atoms in total. The fraction of sp³-hybridized carbons (Fsp3) is 0.583. The van der Waals surface area contributed by atoms with Gasteiger partial charge in [0.1, 0.15) is 0 Å². The molecule has 1 heterocycles. The van der Waals surface area contributed by atoms with E-state index in [0.29, 0.717) is 34.7 Å². The summed E-state index contributed by atoms with van der Waals surface area (Å²) in [7, 11) is 1.65. The minimum Gasteiger partial charge on any atom is -0.408 e. The van der Waals surface area contributed by atoms with Gasteiger partial charge in [-0.15, -0.1) is 0 Å². The van der Waals surface area contributed by atoms with E-state index < -0.39 is 5.76 Å². The molecule has 0 radical (unpaired) electrons. The SMILES string of the molecule is CC1C[C@@H]1CCC1CC[C@@]12C(=N)C(C=N)C2CC(=O)c1ccc2c(c1)oc(=O)n2C. The standard InChI is InChI=1S/C24H29N3O3/c1-13-9-14(13)3-5-16-7-8-24(16)18(17(12-25)22(24)26)11-20(28)15-4-6-19-21(10-15)30-23(29)27(19)2/h4,6,10,12-14,16-18,25-26H,3,5,7-9,11H2,1-2H3/t13?,14-,16?,17?,18?,24+/m0/s1. The highest BCUT2D eigenvalue weighted by Gasteiger charge is 2.65. The monoisotopic (exact) mass is 407 g/mol. The van der Waals surface area contributed by atoms with Gasteiger partial charge < -0.3 is 15.2 Å². The number of nitrogens with one attached hydrogen (secondary N) is 2. The third-order valence-corrected chi connectivity index (χ3v) is 8.43. The number of aryl methyl sites for hydroxylation is 1. The molecule has 2 aromatic rings. The molecule has 1 aromatic heterocycles. The van der Waals surface area contributed by atoms with Crippen LogP contribution in [0.4, 0.5) is 0 Å². The third kappa shape index (κ3) is 2.69. The minimum atomic E-state index is -0.438. The summed E-state index contributed by atoms with van der Waals surface area (Å²) in [4.78, 5) is 24.9. The number of fused-ring (bicyclic) bond motifs is 1. The van der Waals surface area contributed by atoms with E-state index in [1.807, 2.05) is 0 Å². The number of hydrogen-bond acceptors (Lipinski definition) is 5. The van der Waals surface area contributed by atoms with E-state index >= 15 is 0 Å². The smallest absolute Gasteiger partial charge is 0.408 e. The summed E-state index contributed by atoms with van der Waals surface area (Å²) in [6, 6.07) is 5.16. The lowest BCUT2D eigenvalue weighted by molar-refractivity contribution is -0.0216. The number of carbonyl (C=O) groups excluding carboxylic acids is 1. The summed E-state index contributed by atoms with van der Waals surface area (Å²) in [6.45, 7) is 2.31. The van der Waals surface area contributed by atoms with E-state index in [0.717, 1.165) is 31.1 Å². The number of nitrogens with zero attached hydrogens (tertiary/aromatic N) is 1. The van der Waals surface area contributed by atoms with Gasteiger partial charge in [0, 0.05) is 42.3 Å². The van der Waals surface area contributed by atoms with Crippen LogP contribution in [0, 0.1) is 45.8 Å². The van der Waals surface area contributed by atoms with Crippen LogP contribution >= 0.6 is 0 Å². The molecule has 158 valence electrons. The summed E-state index contributed by atoms with van der Waals surface area (Å²) >= 11 is 0. The molecule has 30 heavy (non-hydrogen) atoms. The molecular weight excluding hydrogens is 378 g/mol. The lowest BCUT2D eigenvalue weighted by Crippen LogP contribution is -2.66.